The van der Waals surface area contributed by atoms with Crippen molar-refractivity contribution >= 4 is 11.5 Å². The lowest BCUT2D eigenvalue weighted by atomic mass is 10.1. The fraction of sp³-hybridized carbons (Fsp3) is 0.200. The molecule has 4 N–H and O–H groups in total. The Morgan fingerprint density at radius 3 is 2.69 bits per heavy atom. The molecule has 136 valence electrons. The van der Waals surface area contributed by atoms with E-state index in [1.165, 1.54) is 31.1 Å². The highest BCUT2D eigenvalue weighted by Crippen LogP contribution is 2.30. The molecule has 0 amide bonds. The summed E-state index contributed by atoms with van der Waals surface area (Å²) in [6, 6.07) is 1.18. The zero-order valence-corrected chi connectivity index (χ0v) is 13.8. The molecular formula is C15H15F2N7O2. The monoisotopic (exact) mass is 363 g/mol. The number of aliphatic hydroxyl groups excluding tert-OH is 1. The molecule has 0 aliphatic carbocycles. The number of aliphatic hydroxyl groups is 1. The maximum absolute atomic E-state index is 14.2. The van der Waals surface area contributed by atoms with Crippen molar-refractivity contribution in [2.45, 2.75) is 6.23 Å². The molecule has 0 saturated heterocycles. The SMILES string of the molecule is COc1ncc(F)c(-c2cnn(C)c2C(O)Nc2cc(N)ncc2F)n1. The van der Waals surface area contributed by atoms with Gasteiger partial charge in [0.1, 0.15) is 11.5 Å². The van der Waals surface area contributed by atoms with E-state index in [1.807, 2.05) is 0 Å². The van der Waals surface area contributed by atoms with Crippen LogP contribution in [0, 0.1) is 11.6 Å². The van der Waals surface area contributed by atoms with Crippen LogP contribution in [-0.2, 0) is 7.05 Å². The normalized spacial score (nSPS) is 12.0. The smallest absolute Gasteiger partial charge is 0.316 e. The summed E-state index contributed by atoms with van der Waals surface area (Å²) in [5, 5.41) is 17.1. The first-order valence-corrected chi connectivity index (χ1v) is 7.35. The van der Waals surface area contributed by atoms with Crippen LogP contribution in [-0.4, -0.2) is 36.9 Å². The van der Waals surface area contributed by atoms with Crippen molar-refractivity contribution in [2.75, 3.05) is 18.2 Å². The summed E-state index contributed by atoms with van der Waals surface area (Å²) >= 11 is 0. The molecule has 3 rings (SSSR count). The predicted molar refractivity (Wildman–Crippen MR) is 87.9 cm³/mol. The van der Waals surface area contributed by atoms with E-state index in [0.717, 1.165) is 12.4 Å². The van der Waals surface area contributed by atoms with Gasteiger partial charge in [-0.2, -0.15) is 10.1 Å². The topological polar surface area (TPSA) is 124 Å². The Kier molecular flexibility index (Phi) is 4.63. The average Bonchev–Trinajstić information content (AvgIpc) is 3.00. The molecule has 3 aromatic heterocycles. The first-order valence-electron chi connectivity index (χ1n) is 7.35. The van der Waals surface area contributed by atoms with Crippen molar-refractivity contribution in [2.24, 2.45) is 7.05 Å². The Balaban J connectivity index is 2.01. The van der Waals surface area contributed by atoms with E-state index >= 15 is 0 Å². The van der Waals surface area contributed by atoms with Gasteiger partial charge in [0, 0.05) is 18.7 Å². The summed E-state index contributed by atoms with van der Waals surface area (Å²) in [7, 11) is 2.88. The lowest BCUT2D eigenvalue weighted by molar-refractivity contribution is 0.197. The fourth-order valence-electron chi connectivity index (χ4n) is 2.37. The van der Waals surface area contributed by atoms with Crippen LogP contribution in [0.3, 0.4) is 0 Å². The van der Waals surface area contributed by atoms with Crippen LogP contribution >= 0.6 is 0 Å². The minimum absolute atomic E-state index is 0.0494. The largest absolute Gasteiger partial charge is 0.467 e. The average molecular weight is 363 g/mol. The molecule has 0 aromatic carbocycles. The van der Waals surface area contributed by atoms with Gasteiger partial charge in [0.25, 0.3) is 0 Å². The van der Waals surface area contributed by atoms with Gasteiger partial charge in [0.2, 0.25) is 0 Å². The van der Waals surface area contributed by atoms with E-state index in [2.05, 4.69) is 25.4 Å². The second kappa shape index (κ2) is 6.88. The molecule has 1 unspecified atom stereocenters. The van der Waals surface area contributed by atoms with E-state index < -0.39 is 17.9 Å². The number of aromatic nitrogens is 5. The van der Waals surface area contributed by atoms with Crippen molar-refractivity contribution in [1.29, 1.82) is 0 Å². The highest BCUT2D eigenvalue weighted by atomic mass is 19.1. The van der Waals surface area contributed by atoms with Crippen molar-refractivity contribution in [3.8, 4) is 17.3 Å². The number of aryl methyl sites for hydroxylation is 1. The van der Waals surface area contributed by atoms with Gasteiger partial charge in [-0.25, -0.2) is 18.7 Å². The van der Waals surface area contributed by atoms with Crippen LogP contribution in [0.25, 0.3) is 11.3 Å². The van der Waals surface area contributed by atoms with Gasteiger partial charge in [-0.15, -0.1) is 0 Å². The summed E-state index contributed by atoms with van der Waals surface area (Å²) in [6.45, 7) is 0. The molecular weight excluding hydrogens is 348 g/mol. The second-order valence-electron chi connectivity index (χ2n) is 5.26. The standard InChI is InChI=1S/C15H15F2N7O2/c1-24-13(14(25)22-10-3-11(18)19-5-8(10)16)7(4-21-24)12-9(17)6-20-15(23-12)26-2/h3-6,14,25H,1-2H3,(H3,18,19,22). The summed E-state index contributed by atoms with van der Waals surface area (Å²) in [5.41, 5.74) is 5.68. The van der Waals surface area contributed by atoms with Gasteiger partial charge in [-0.3, -0.25) is 4.68 Å². The van der Waals surface area contributed by atoms with Gasteiger partial charge >= 0.3 is 6.01 Å². The highest BCUT2D eigenvalue weighted by Gasteiger charge is 2.23. The molecule has 3 aromatic rings. The number of rotatable bonds is 5. The van der Waals surface area contributed by atoms with Crippen molar-refractivity contribution in [3.63, 3.8) is 0 Å². The van der Waals surface area contributed by atoms with Crippen molar-refractivity contribution in [1.82, 2.24) is 24.7 Å². The van der Waals surface area contributed by atoms with E-state index in [4.69, 9.17) is 10.5 Å². The third-order valence-electron chi connectivity index (χ3n) is 3.57. The predicted octanol–water partition coefficient (Wildman–Crippen LogP) is 1.24. The number of nitrogens with two attached hydrogens (primary N) is 1. The Hall–Kier alpha value is -3.34. The van der Waals surface area contributed by atoms with Crippen LogP contribution in [0.1, 0.15) is 11.9 Å². The summed E-state index contributed by atoms with van der Waals surface area (Å²) in [4.78, 5) is 11.2. The van der Waals surface area contributed by atoms with Crippen molar-refractivity contribution in [3.05, 3.63) is 42.0 Å². The Bertz CT molecular complexity index is 948. The molecule has 0 fully saturated rings. The molecule has 0 bridgehead atoms. The molecule has 0 aliphatic rings. The van der Waals surface area contributed by atoms with Crippen LogP contribution < -0.4 is 15.8 Å². The van der Waals surface area contributed by atoms with E-state index in [1.54, 1.807) is 0 Å². The number of halogens is 2. The number of ether oxygens (including phenoxy) is 1. The number of pyridine rings is 1. The number of anilines is 2. The Morgan fingerprint density at radius 1 is 1.23 bits per heavy atom. The third kappa shape index (κ3) is 3.24. The molecule has 26 heavy (non-hydrogen) atoms. The maximum Gasteiger partial charge on any atom is 0.316 e. The minimum atomic E-state index is -1.44. The zero-order valence-electron chi connectivity index (χ0n) is 13.8. The molecule has 0 saturated carbocycles. The Labute approximate surface area is 146 Å². The number of methoxy groups -OCH3 is 1. The van der Waals surface area contributed by atoms with E-state index in [9.17, 15) is 13.9 Å². The summed E-state index contributed by atoms with van der Waals surface area (Å²) in [6.07, 6.45) is 1.75. The number of nitrogens with one attached hydrogen (secondary N) is 1. The Morgan fingerprint density at radius 2 is 1.96 bits per heavy atom. The molecule has 3 heterocycles. The van der Waals surface area contributed by atoms with E-state index in [0.29, 0.717) is 0 Å². The lowest BCUT2D eigenvalue weighted by Crippen LogP contribution is -2.16. The number of hydrogen-bond acceptors (Lipinski definition) is 8. The van der Waals surface area contributed by atoms with Gasteiger partial charge in [0.05, 0.1) is 37.1 Å². The summed E-state index contributed by atoms with van der Waals surface area (Å²) in [5.74, 6) is -1.37. The van der Waals surface area contributed by atoms with E-state index in [-0.39, 0.29) is 34.5 Å². The number of hydrogen-bond donors (Lipinski definition) is 3. The van der Waals surface area contributed by atoms with Crippen LogP contribution in [0.4, 0.5) is 20.3 Å². The third-order valence-corrected chi connectivity index (χ3v) is 3.57. The first-order chi connectivity index (χ1) is 12.4. The van der Waals surface area contributed by atoms with Gasteiger partial charge in [0.15, 0.2) is 17.9 Å². The van der Waals surface area contributed by atoms with Gasteiger partial charge in [-0.1, -0.05) is 0 Å². The zero-order chi connectivity index (χ0) is 18.8. The maximum atomic E-state index is 14.2. The minimum Gasteiger partial charge on any atom is -0.467 e. The van der Waals surface area contributed by atoms with Gasteiger partial charge < -0.3 is 20.9 Å². The molecule has 11 heteroatoms. The van der Waals surface area contributed by atoms with Crippen LogP contribution in [0.5, 0.6) is 6.01 Å². The quantitative estimate of drug-likeness (QED) is 0.579. The molecule has 0 aliphatic heterocycles. The van der Waals surface area contributed by atoms with Gasteiger partial charge in [-0.05, 0) is 0 Å². The van der Waals surface area contributed by atoms with Crippen LogP contribution in [0.15, 0.2) is 24.7 Å². The fourth-order valence-corrected chi connectivity index (χ4v) is 2.37. The van der Waals surface area contributed by atoms with Crippen LogP contribution in [0.2, 0.25) is 0 Å². The highest BCUT2D eigenvalue weighted by molar-refractivity contribution is 5.63. The molecule has 0 spiro atoms. The second-order valence-corrected chi connectivity index (χ2v) is 5.26. The summed E-state index contributed by atoms with van der Waals surface area (Å²) < 4.78 is 34.2. The van der Waals surface area contributed by atoms with Crippen molar-refractivity contribution < 1.29 is 18.6 Å². The first kappa shape index (κ1) is 17.5. The number of nitrogen functional groups attached to an aromatic ring is 1. The molecule has 9 nitrogen and oxygen atoms in total. The molecule has 0 radical (unpaired) electrons. The lowest BCUT2D eigenvalue weighted by Gasteiger charge is -2.17. The molecule has 1 atom stereocenters. The number of nitrogens with zero attached hydrogens (tertiary/aromatic N) is 5.